The summed E-state index contributed by atoms with van der Waals surface area (Å²) in [4.78, 5) is 59.6. The predicted molar refractivity (Wildman–Crippen MR) is 110 cm³/mol. The van der Waals surface area contributed by atoms with Gasteiger partial charge in [0.15, 0.2) is 5.65 Å². The summed E-state index contributed by atoms with van der Waals surface area (Å²) in [6, 6.07) is -0.752. The number of hydrogen-bond donors (Lipinski definition) is 4. The van der Waals surface area contributed by atoms with E-state index < -0.39 is 11.6 Å². The number of nitrogens with two attached hydrogens (primary N) is 1. The summed E-state index contributed by atoms with van der Waals surface area (Å²) in [5, 5.41) is 9.80. The van der Waals surface area contributed by atoms with Gasteiger partial charge in [-0.3, -0.25) is 24.0 Å². The van der Waals surface area contributed by atoms with Crippen molar-refractivity contribution in [3.8, 4) is 0 Å². The van der Waals surface area contributed by atoms with Crippen molar-refractivity contribution in [1.29, 1.82) is 0 Å². The molecule has 1 aliphatic carbocycles. The summed E-state index contributed by atoms with van der Waals surface area (Å²) in [5.41, 5.74) is 4.36. The second-order valence-electron chi connectivity index (χ2n) is 7.85. The number of aromatic nitrogens is 4. The van der Waals surface area contributed by atoms with E-state index >= 15 is 0 Å². The molecule has 166 valence electrons. The van der Waals surface area contributed by atoms with Crippen molar-refractivity contribution in [1.82, 2.24) is 35.3 Å². The fourth-order valence-corrected chi connectivity index (χ4v) is 3.76. The highest BCUT2D eigenvalue weighted by Gasteiger charge is 2.52. The number of nitrogens with zero attached hydrogens (tertiary/aromatic N) is 5. The maximum Gasteiger partial charge on any atom is 0.313 e. The highest BCUT2D eigenvalue weighted by atomic mass is 16.2. The molecular formula is C18H25N9O4. The molecule has 3 heterocycles. The van der Waals surface area contributed by atoms with Crippen molar-refractivity contribution in [2.24, 2.45) is 12.8 Å². The van der Waals surface area contributed by atoms with Gasteiger partial charge in [0.2, 0.25) is 17.8 Å². The average molecular weight is 431 g/mol. The van der Waals surface area contributed by atoms with Crippen LogP contribution in [0, 0.1) is 0 Å². The van der Waals surface area contributed by atoms with Gasteiger partial charge in [-0.1, -0.05) is 0 Å². The summed E-state index contributed by atoms with van der Waals surface area (Å²) < 4.78 is 1.51. The first-order valence-electron chi connectivity index (χ1n) is 10.1. The van der Waals surface area contributed by atoms with Gasteiger partial charge < -0.3 is 26.2 Å². The topological polar surface area (TPSA) is 171 Å². The number of carbonyl (C=O) groups excluding carboxylic acids is 3. The predicted octanol–water partition coefficient (Wildman–Crippen LogP) is -1.99. The summed E-state index contributed by atoms with van der Waals surface area (Å²) in [6.07, 6.45) is 2.63. The summed E-state index contributed by atoms with van der Waals surface area (Å²) in [7, 11) is 1.70. The smallest absolute Gasteiger partial charge is 0.313 e. The molecule has 0 atom stereocenters. The van der Waals surface area contributed by atoms with Crippen molar-refractivity contribution in [2.45, 2.75) is 24.8 Å². The number of rotatable bonds is 3. The molecule has 1 saturated carbocycles. The lowest BCUT2D eigenvalue weighted by Gasteiger charge is -2.32. The quantitative estimate of drug-likeness (QED) is 0.436. The van der Waals surface area contributed by atoms with E-state index in [1.54, 1.807) is 16.8 Å². The lowest BCUT2D eigenvalue weighted by molar-refractivity contribution is -0.134. The van der Waals surface area contributed by atoms with Crippen molar-refractivity contribution in [2.75, 3.05) is 37.6 Å². The first-order chi connectivity index (χ1) is 14.8. The molecule has 0 aromatic carbocycles. The Balaban J connectivity index is 1.58. The van der Waals surface area contributed by atoms with Crippen molar-refractivity contribution in [3.05, 3.63) is 16.6 Å². The molecule has 31 heavy (non-hydrogen) atoms. The molecule has 13 heteroatoms. The van der Waals surface area contributed by atoms with Crippen LogP contribution in [0.15, 0.2) is 11.0 Å². The third-order valence-electron chi connectivity index (χ3n) is 5.65. The summed E-state index contributed by atoms with van der Waals surface area (Å²) >= 11 is 0. The van der Waals surface area contributed by atoms with Crippen LogP contribution in [0.2, 0.25) is 0 Å². The maximum absolute atomic E-state index is 13.1. The zero-order chi connectivity index (χ0) is 22.2. The number of amides is 4. The molecule has 2 aromatic rings. The molecule has 4 amide bonds. The fourth-order valence-electron chi connectivity index (χ4n) is 3.76. The van der Waals surface area contributed by atoms with Crippen molar-refractivity contribution < 1.29 is 14.4 Å². The van der Waals surface area contributed by atoms with Crippen molar-refractivity contribution in [3.63, 3.8) is 0 Å². The standard InChI is InChI=1S/C18H25N9O4/c1-25-13-11(10-21-25)14(29)23-17(22-13)27-7-5-20-12(28)2-6-26(8-9-27)15(30)18(3-4-18)24-16(19)31/h10H,2-9H2,1H3,(H,20,28)(H3,19,24,31)(H,22,23,29). The highest BCUT2D eigenvalue weighted by molar-refractivity contribution is 5.93. The van der Waals surface area contributed by atoms with E-state index in [9.17, 15) is 19.2 Å². The SMILES string of the molecule is Cn1ncc2c(=O)[nH]c(N3CCNC(=O)CCN(C(=O)C4(NC(N)=O)CC4)CC3)nc21. The third kappa shape index (κ3) is 4.15. The zero-order valence-electron chi connectivity index (χ0n) is 17.2. The van der Waals surface area contributed by atoms with Gasteiger partial charge in [-0.15, -0.1) is 0 Å². The number of aryl methyl sites for hydroxylation is 1. The second kappa shape index (κ2) is 7.89. The number of aromatic amines is 1. The molecule has 0 bridgehead atoms. The fraction of sp³-hybridized carbons (Fsp3) is 0.556. The number of primary amides is 1. The summed E-state index contributed by atoms with van der Waals surface area (Å²) in [6.45, 7) is 1.64. The van der Waals surface area contributed by atoms with E-state index in [2.05, 4.69) is 25.7 Å². The van der Waals surface area contributed by atoms with Crippen LogP contribution in [0.25, 0.3) is 11.0 Å². The number of anilines is 1. The number of hydrogen-bond acceptors (Lipinski definition) is 7. The van der Waals surface area contributed by atoms with Crippen LogP contribution in [-0.2, 0) is 16.6 Å². The van der Waals surface area contributed by atoms with E-state index in [0.717, 1.165) is 0 Å². The van der Waals surface area contributed by atoms with Gasteiger partial charge in [0.1, 0.15) is 10.9 Å². The van der Waals surface area contributed by atoms with Gasteiger partial charge >= 0.3 is 6.03 Å². The first kappa shape index (κ1) is 20.6. The molecule has 2 aromatic heterocycles. The Morgan fingerprint density at radius 3 is 2.68 bits per heavy atom. The van der Waals surface area contributed by atoms with Gasteiger partial charge in [0.05, 0.1) is 6.20 Å². The molecule has 5 N–H and O–H groups in total. The van der Waals surface area contributed by atoms with E-state index in [4.69, 9.17) is 5.73 Å². The molecule has 2 fully saturated rings. The van der Waals surface area contributed by atoms with Gasteiger partial charge in [-0.25, -0.2) is 4.79 Å². The van der Waals surface area contributed by atoms with Crippen LogP contribution in [0.1, 0.15) is 19.3 Å². The molecule has 1 aliphatic heterocycles. The minimum atomic E-state index is -0.989. The number of urea groups is 1. The largest absolute Gasteiger partial charge is 0.354 e. The molecule has 0 radical (unpaired) electrons. The number of H-pyrrole nitrogens is 1. The van der Waals surface area contributed by atoms with Crippen LogP contribution < -0.4 is 26.8 Å². The Morgan fingerprint density at radius 1 is 1.19 bits per heavy atom. The van der Waals surface area contributed by atoms with Gasteiger partial charge in [0.25, 0.3) is 5.56 Å². The minimum Gasteiger partial charge on any atom is -0.354 e. The molecule has 0 spiro atoms. The van der Waals surface area contributed by atoms with Gasteiger partial charge in [-0.2, -0.15) is 10.1 Å². The van der Waals surface area contributed by atoms with Gasteiger partial charge in [0, 0.05) is 46.2 Å². The number of carbonyl (C=O) groups is 3. The Bertz CT molecular complexity index is 1090. The minimum absolute atomic E-state index is 0.161. The Hall–Kier alpha value is -3.64. The van der Waals surface area contributed by atoms with E-state index in [1.165, 1.54) is 10.9 Å². The van der Waals surface area contributed by atoms with Gasteiger partial charge in [-0.05, 0) is 12.8 Å². The lowest BCUT2D eigenvalue weighted by Crippen LogP contribution is -2.54. The number of nitrogens with one attached hydrogen (secondary N) is 3. The Morgan fingerprint density at radius 2 is 1.97 bits per heavy atom. The van der Waals surface area contributed by atoms with Crippen LogP contribution in [-0.4, -0.2) is 80.8 Å². The first-order valence-corrected chi connectivity index (χ1v) is 10.1. The molecular weight excluding hydrogens is 406 g/mol. The molecule has 13 nitrogen and oxygen atoms in total. The van der Waals surface area contributed by atoms with Crippen LogP contribution in [0.5, 0.6) is 0 Å². The monoisotopic (exact) mass is 431 g/mol. The van der Waals surface area contributed by atoms with Crippen LogP contribution in [0.4, 0.5) is 10.7 Å². The third-order valence-corrected chi connectivity index (χ3v) is 5.65. The normalized spacial score (nSPS) is 19.1. The van der Waals surface area contributed by atoms with E-state index in [0.29, 0.717) is 56.0 Å². The zero-order valence-corrected chi connectivity index (χ0v) is 17.2. The average Bonchev–Trinajstić information content (AvgIpc) is 3.40. The number of fused-ring (bicyclic) bond motifs is 1. The lowest BCUT2D eigenvalue weighted by atomic mass is 10.2. The summed E-state index contributed by atoms with van der Waals surface area (Å²) in [5.74, 6) is -0.112. The maximum atomic E-state index is 13.1. The molecule has 2 aliphatic rings. The molecule has 0 unspecified atom stereocenters. The van der Waals surface area contributed by atoms with Crippen LogP contribution >= 0.6 is 0 Å². The van der Waals surface area contributed by atoms with Crippen molar-refractivity contribution >= 4 is 34.8 Å². The van der Waals surface area contributed by atoms with E-state index in [-0.39, 0.29) is 30.3 Å². The highest BCUT2D eigenvalue weighted by Crippen LogP contribution is 2.37. The van der Waals surface area contributed by atoms with E-state index in [1.807, 2.05) is 0 Å². The Labute approximate surface area is 176 Å². The van der Waals surface area contributed by atoms with Crippen LogP contribution in [0.3, 0.4) is 0 Å². The second-order valence-corrected chi connectivity index (χ2v) is 7.85. The molecule has 1 saturated heterocycles. The Kier molecular flexibility index (Phi) is 5.25. The molecule has 4 rings (SSSR count).